The zero-order valence-corrected chi connectivity index (χ0v) is 13.4. The zero-order chi connectivity index (χ0) is 14.2. The normalized spacial score (nSPS) is 15.7. The fourth-order valence-electron chi connectivity index (χ4n) is 2.06. The van der Waals surface area contributed by atoms with Crippen molar-refractivity contribution in [2.45, 2.75) is 29.6 Å². The second-order valence-corrected chi connectivity index (χ2v) is 8.47. The van der Waals surface area contributed by atoms with Crippen LogP contribution in [0.25, 0.3) is 0 Å². The maximum absolute atomic E-state index is 12.8. The summed E-state index contributed by atoms with van der Waals surface area (Å²) in [6.07, 6.45) is 1.88. The molecule has 0 saturated heterocycles. The fraction of sp³-hybridized carbons (Fsp3) is 0.385. The molecule has 7 heteroatoms. The number of sulfonamides is 1. The molecule has 0 amide bonds. The van der Waals surface area contributed by atoms with Crippen LogP contribution < -0.4 is 4.74 Å². The van der Waals surface area contributed by atoms with Gasteiger partial charge in [0.05, 0.1) is 7.11 Å². The molecule has 3 rings (SSSR count). The molecule has 0 unspecified atom stereocenters. The largest absolute Gasteiger partial charge is 0.494 e. The number of ether oxygens (including phenoxy) is 1. The molecule has 4 nitrogen and oxygen atoms in total. The molecule has 1 aliphatic rings. The van der Waals surface area contributed by atoms with Gasteiger partial charge in [0.25, 0.3) is 10.0 Å². The number of nitrogens with zero attached hydrogens (tertiary/aromatic N) is 1. The van der Waals surface area contributed by atoms with Crippen LogP contribution in [0.15, 0.2) is 32.5 Å². The average molecular weight is 329 g/mol. The highest BCUT2D eigenvalue weighted by Crippen LogP contribution is 2.38. The molecule has 2 aromatic rings. The quantitative estimate of drug-likeness (QED) is 0.818. The first-order valence-corrected chi connectivity index (χ1v) is 9.53. The lowest BCUT2D eigenvalue weighted by Gasteiger charge is -2.21. The Labute approximate surface area is 126 Å². The van der Waals surface area contributed by atoms with Crippen molar-refractivity contribution in [1.82, 2.24) is 4.31 Å². The summed E-state index contributed by atoms with van der Waals surface area (Å²) in [4.78, 5) is 0. The van der Waals surface area contributed by atoms with Crippen LogP contribution in [-0.2, 0) is 16.6 Å². The summed E-state index contributed by atoms with van der Waals surface area (Å²) in [6, 6.07) is 3.81. The lowest BCUT2D eigenvalue weighted by atomic mass is 10.3. The maximum atomic E-state index is 12.8. The van der Waals surface area contributed by atoms with Crippen LogP contribution in [0.4, 0.5) is 0 Å². The van der Waals surface area contributed by atoms with E-state index in [9.17, 15) is 8.42 Å². The first-order valence-electron chi connectivity index (χ1n) is 6.27. The smallest absolute Gasteiger partial charge is 0.256 e. The van der Waals surface area contributed by atoms with Crippen LogP contribution in [0.1, 0.15) is 18.4 Å². The van der Waals surface area contributed by atoms with E-state index in [4.69, 9.17) is 4.74 Å². The lowest BCUT2D eigenvalue weighted by Crippen LogP contribution is -2.32. The van der Waals surface area contributed by atoms with Crippen molar-refractivity contribution in [3.63, 3.8) is 0 Å². The minimum atomic E-state index is -3.48. The Bertz CT molecular complexity index is 672. The molecular formula is C13H15NO3S3. The highest BCUT2D eigenvalue weighted by molar-refractivity contribution is 7.91. The van der Waals surface area contributed by atoms with Crippen LogP contribution in [0, 0.1) is 0 Å². The molecule has 1 fully saturated rings. The standard InChI is InChI=1S/C13H15NO3S3/c1-17-12-5-7-19-13(12)20(15,16)14(11-2-3-11)8-10-4-6-18-9-10/h4-7,9,11H,2-3,8H2,1H3. The summed E-state index contributed by atoms with van der Waals surface area (Å²) in [7, 11) is -1.98. The Morgan fingerprint density at radius 1 is 1.35 bits per heavy atom. The average Bonchev–Trinajstić information content (AvgIpc) is 2.95. The summed E-state index contributed by atoms with van der Waals surface area (Å²) >= 11 is 2.80. The van der Waals surface area contributed by atoms with Gasteiger partial charge in [-0.2, -0.15) is 15.6 Å². The second kappa shape index (κ2) is 5.48. The van der Waals surface area contributed by atoms with Crippen molar-refractivity contribution in [3.8, 4) is 5.75 Å². The molecule has 1 aliphatic carbocycles. The van der Waals surface area contributed by atoms with Gasteiger partial charge in [-0.25, -0.2) is 8.42 Å². The Hall–Kier alpha value is -0.890. The fourth-order valence-corrected chi connectivity index (χ4v) is 5.79. The van der Waals surface area contributed by atoms with Crippen LogP contribution >= 0.6 is 22.7 Å². The monoisotopic (exact) mass is 329 g/mol. The zero-order valence-electron chi connectivity index (χ0n) is 11.0. The van der Waals surface area contributed by atoms with Gasteiger partial charge < -0.3 is 4.74 Å². The molecule has 0 radical (unpaired) electrons. The summed E-state index contributed by atoms with van der Waals surface area (Å²) < 4.78 is 32.8. The third-order valence-corrected chi connectivity index (χ3v) is 7.29. The second-order valence-electron chi connectivity index (χ2n) is 4.69. The van der Waals surface area contributed by atoms with Gasteiger partial charge >= 0.3 is 0 Å². The van der Waals surface area contributed by atoms with E-state index < -0.39 is 10.0 Å². The minimum absolute atomic E-state index is 0.131. The first kappa shape index (κ1) is 14.1. The molecule has 1 saturated carbocycles. The molecule has 0 aromatic carbocycles. The van der Waals surface area contributed by atoms with Gasteiger partial charge in [0.1, 0.15) is 5.75 Å². The van der Waals surface area contributed by atoms with Gasteiger partial charge in [-0.05, 0) is 46.7 Å². The van der Waals surface area contributed by atoms with E-state index >= 15 is 0 Å². The van der Waals surface area contributed by atoms with E-state index in [0.29, 0.717) is 16.5 Å². The Kier molecular flexibility index (Phi) is 3.85. The van der Waals surface area contributed by atoms with Crippen molar-refractivity contribution >= 4 is 32.7 Å². The van der Waals surface area contributed by atoms with Gasteiger partial charge in [-0.3, -0.25) is 0 Å². The number of hydrogen-bond donors (Lipinski definition) is 0. The van der Waals surface area contributed by atoms with E-state index in [2.05, 4.69) is 0 Å². The summed E-state index contributed by atoms with van der Waals surface area (Å²) in [6.45, 7) is 0.442. The van der Waals surface area contributed by atoms with Crippen LogP contribution in [0.2, 0.25) is 0 Å². The highest BCUT2D eigenvalue weighted by Gasteiger charge is 2.39. The third-order valence-electron chi connectivity index (χ3n) is 3.23. The number of methoxy groups -OCH3 is 1. The van der Waals surface area contributed by atoms with E-state index in [1.807, 2.05) is 16.8 Å². The Balaban J connectivity index is 1.94. The van der Waals surface area contributed by atoms with E-state index in [0.717, 1.165) is 18.4 Å². The van der Waals surface area contributed by atoms with Crippen LogP contribution in [0.5, 0.6) is 5.75 Å². The van der Waals surface area contributed by atoms with Crippen molar-refractivity contribution in [2.24, 2.45) is 0 Å². The van der Waals surface area contributed by atoms with E-state index in [-0.39, 0.29) is 6.04 Å². The van der Waals surface area contributed by atoms with Gasteiger partial charge in [0.2, 0.25) is 0 Å². The molecule has 0 spiro atoms. The molecular weight excluding hydrogens is 314 g/mol. The SMILES string of the molecule is COc1ccsc1S(=O)(=O)N(Cc1ccsc1)C1CC1. The topological polar surface area (TPSA) is 46.6 Å². The Morgan fingerprint density at radius 2 is 2.15 bits per heavy atom. The van der Waals surface area contributed by atoms with Crippen molar-refractivity contribution in [1.29, 1.82) is 0 Å². The number of rotatable bonds is 6. The van der Waals surface area contributed by atoms with Crippen LogP contribution in [-0.4, -0.2) is 25.9 Å². The molecule has 0 atom stereocenters. The minimum Gasteiger partial charge on any atom is -0.494 e. The van der Waals surface area contributed by atoms with Gasteiger partial charge in [-0.15, -0.1) is 11.3 Å². The van der Waals surface area contributed by atoms with E-state index in [1.54, 1.807) is 27.1 Å². The Morgan fingerprint density at radius 3 is 2.75 bits per heavy atom. The summed E-state index contributed by atoms with van der Waals surface area (Å²) in [5.74, 6) is 0.436. The highest BCUT2D eigenvalue weighted by atomic mass is 32.2. The summed E-state index contributed by atoms with van der Waals surface area (Å²) in [5.41, 5.74) is 1.04. The summed E-state index contributed by atoms with van der Waals surface area (Å²) in [5, 5.41) is 5.72. The first-order chi connectivity index (χ1) is 9.63. The molecule has 0 bridgehead atoms. The third kappa shape index (κ3) is 2.63. The predicted molar refractivity (Wildman–Crippen MR) is 80.9 cm³/mol. The molecule has 108 valence electrons. The molecule has 0 N–H and O–H groups in total. The van der Waals surface area contributed by atoms with Crippen LogP contribution in [0.3, 0.4) is 0 Å². The van der Waals surface area contributed by atoms with Gasteiger partial charge in [-0.1, -0.05) is 0 Å². The van der Waals surface area contributed by atoms with Crippen molar-refractivity contribution < 1.29 is 13.2 Å². The van der Waals surface area contributed by atoms with Crippen molar-refractivity contribution in [3.05, 3.63) is 33.8 Å². The van der Waals surface area contributed by atoms with Gasteiger partial charge in [0, 0.05) is 12.6 Å². The lowest BCUT2D eigenvalue weighted by molar-refractivity contribution is 0.385. The predicted octanol–water partition coefficient (Wildman–Crippen LogP) is 3.17. The van der Waals surface area contributed by atoms with Gasteiger partial charge in [0.15, 0.2) is 4.21 Å². The molecule has 0 aliphatic heterocycles. The molecule has 2 aromatic heterocycles. The number of thiophene rings is 2. The van der Waals surface area contributed by atoms with Crippen molar-refractivity contribution in [2.75, 3.05) is 7.11 Å². The molecule has 20 heavy (non-hydrogen) atoms. The number of hydrogen-bond acceptors (Lipinski definition) is 5. The maximum Gasteiger partial charge on any atom is 0.256 e. The van der Waals surface area contributed by atoms with E-state index in [1.165, 1.54) is 18.4 Å². The molecule has 2 heterocycles.